The minimum absolute atomic E-state index is 0.0301. The Morgan fingerprint density at radius 3 is 2.74 bits per heavy atom. The van der Waals surface area contributed by atoms with Crippen molar-refractivity contribution in [1.82, 2.24) is 20.5 Å². The molecule has 11 nitrogen and oxygen atoms in total. The molecule has 1 unspecified atom stereocenters. The number of amides is 3. The molecule has 12 heteroatoms. The van der Waals surface area contributed by atoms with E-state index in [1.54, 1.807) is 18.3 Å². The van der Waals surface area contributed by atoms with Crippen LogP contribution in [-0.2, 0) is 21.0 Å². The van der Waals surface area contributed by atoms with E-state index in [4.69, 9.17) is 9.57 Å². The van der Waals surface area contributed by atoms with Crippen molar-refractivity contribution in [2.45, 2.75) is 37.6 Å². The second-order valence-electron chi connectivity index (χ2n) is 9.33. The molecular formula is C27H26BrN5O6. The van der Waals surface area contributed by atoms with Gasteiger partial charge in [-0.1, -0.05) is 35.5 Å². The van der Waals surface area contributed by atoms with Crippen LogP contribution in [0.2, 0.25) is 0 Å². The lowest BCUT2D eigenvalue weighted by molar-refractivity contribution is -0.125. The number of pyridine rings is 1. The Hall–Kier alpha value is -4.19. The molecule has 0 radical (unpaired) electrons. The summed E-state index contributed by atoms with van der Waals surface area (Å²) in [5, 5.41) is 20.4. The van der Waals surface area contributed by atoms with Crippen LogP contribution in [0.3, 0.4) is 0 Å². The molecule has 1 saturated heterocycles. The third kappa shape index (κ3) is 6.28. The molecule has 1 aromatic heterocycles. The van der Waals surface area contributed by atoms with Gasteiger partial charge in [-0.15, -0.1) is 0 Å². The number of oxime groups is 1. The lowest BCUT2D eigenvalue weighted by Gasteiger charge is -2.23. The third-order valence-electron chi connectivity index (χ3n) is 6.53. The predicted molar refractivity (Wildman–Crippen MR) is 145 cm³/mol. The van der Waals surface area contributed by atoms with Crippen molar-refractivity contribution in [2.75, 3.05) is 13.1 Å². The maximum absolute atomic E-state index is 13.2. The zero-order valence-electron chi connectivity index (χ0n) is 20.7. The predicted octanol–water partition coefficient (Wildman–Crippen LogP) is 3.06. The van der Waals surface area contributed by atoms with Crippen LogP contribution < -0.4 is 10.6 Å². The summed E-state index contributed by atoms with van der Waals surface area (Å²) in [5.41, 5.74) is 1.64. The number of phenols is 1. The van der Waals surface area contributed by atoms with E-state index in [0.717, 1.165) is 10.9 Å². The molecule has 0 bridgehead atoms. The number of halogens is 1. The van der Waals surface area contributed by atoms with E-state index in [9.17, 15) is 19.5 Å². The molecule has 3 amide bonds. The molecule has 1 fully saturated rings. The Morgan fingerprint density at radius 1 is 1.15 bits per heavy atom. The fourth-order valence-electron chi connectivity index (χ4n) is 4.58. The second-order valence-corrected chi connectivity index (χ2v) is 10.2. The molecule has 0 spiro atoms. The highest BCUT2D eigenvalue weighted by atomic mass is 79.9. The zero-order valence-corrected chi connectivity index (χ0v) is 22.3. The number of fused-ring (bicyclic) bond motifs is 1. The van der Waals surface area contributed by atoms with Crippen LogP contribution in [0, 0.1) is 0 Å². The fourth-order valence-corrected chi connectivity index (χ4v) is 5.02. The number of aromatic nitrogens is 1. The number of para-hydroxylation sites is 2. The second kappa shape index (κ2) is 11.7. The topological polar surface area (TPSA) is 142 Å². The minimum atomic E-state index is -0.882. The van der Waals surface area contributed by atoms with Crippen molar-refractivity contribution in [3.05, 3.63) is 71.9 Å². The van der Waals surface area contributed by atoms with Gasteiger partial charge in [0, 0.05) is 36.2 Å². The van der Waals surface area contributed by atoms with E-state index < -0.39 is 30.0 Å². The molecule has 3 aromatic rings. The molecule has 2 aliphatic rings. The summed E-state index contributed by atoms with van der Waals surface area (Å²) in [6.07, 6.45) is 1.33. The summed E-state index contributed by atoms with van der Waals surface area (Å²) in [6.45, 7) is 0.229. The first-order valence-corrected chi connectivity index (χ1v) is 13.2. The summed E-state index contributed by atoms with van der Waals surface area (Å²) in [4.78, 5) is 50.0. The number of hydrogen-bond donors (Lipinski definition) is 3. The van der Waals surface area contributed by atoms with Gasteiger partial charge in [0.15, 0.2) is 6.10 Å². The SMILES string of the molecule is O=C(N[C@@H]1C[C@@H](C(=O)NCC2CC(Br)=NO2)N(C(=O)OCc2cnc3ccccc3c2)C1)c1ccccc1O. The van der Waals surface area contributed by atoms with E-state index in [1.165, 1.54) is 17.0 Å². The summed E-state index contributed by atoms with van der Waals surface area (Å²) in [7, 11) is 0. The Kier molecular flexibility index (Phi) is 7.92. The van der Waals surface area contributed by atoms with Gasteiger partial charge in [-0.05, 0) is 46.6 Å². The van der Waals surface area contributed by atoms with Crippen LogP contribution in [0.15, 0.2) is 65.9 Å². The summed E-state index contributed by atoms with van der Waals surface area (Å²) in [5.74, 6) is -1.06. The van der Waals surface area contributed by atoms with E-state index in [0.29, 0.717) is 16.6 Å². The number of rotatable bonds is 7. The number of benzene rings is 2. The number of carbonyl (C=O) groups excluding carboxylic acids is 3. The summed E-state index contributed by atoms with van der Waals surface area (Å²) in [6, 6.07) is 14.2. The number of hydrogen-bond acceptors (Lipinski definition) is 8. The van der Waals surface area contributed by atoms with Crippen LogP contribution in [0.25, 0.3) is 10.9 Å². The van der Waals surface area contributed by atoms with E-state index in [-0.39, 0.29) is 43.5 Å². The zero-order chi connectivity index (χ0) is 27.4. The largest absolute Gasteiger partial charge is 0.507 e. The molecule has 202 valence electrons. The number of carbonyl (C=O) groups is 3. The minimum Gasteiger partial charge on any atom is -0.507 e. The van der Waals surface area contributed by atoms with Crippen LogP contribution in [0.1, 0.15) is 28.8 Å². The lowest BCUT2D eigenvalue weighted by Crippen LogP contribution is -2.47. The third-order valence-corrected chi connectivity index (χ3v) is 7.00. The highest BCUT2D eigenvalue weighted by Gasteiger charge is 2.41. The first-order chi connectivity index (χ1) is 18.9. The van der Waals surface area contributed by atoms with Crippen LogP contribution >= 0.6 is 15.9 Å². The molecule has 0 saturated carbocycles. The maximum Gasteiger partial charge on any atom is 0.410 e. The average Bonchev–Trinajstić information content (AvgIpc) is 3.56. The van der Waals surface area contributed by atoms with Crippen LogP contribution in [-0.4, -0.2) is 68.8 Å². The molecule has 5 rings (SSSR count). The molecule has 2 aromatic carbocycles. The number of phenolic OH excluding ortho intramolecular Hbond substituents is 1. The lowest BCUT2D eigenvalue weighted by atomic mass is 10.1. The maximum atomic E-state index is 13.2. The standard InChI is InChI=1S/C27H26BrN5O6/c28-24-11-19(39-32-24)13-30-26(36)22-10-18(31-25(35)20-6-2-4-8-23(20)34)14-33(22)27(37)38-15-16-9-17-5-1-3-7-21(17)29-12-16/h1-9,12,18-19,22,34H,10-11,13-15H2,(H,30,36)(H,31,35)/t18-,19?,22+/m1/s1. The van der Waals surface area contributed by atoms with Gasteiger partial charge in [0.25, 0.3) is 5.91 Å². The number of ether oxygens (including phenoxy) is 1. The summed E-state index contributed by atoms with van der Waals surface area (Å²) >= 11 is 3.27. The smallest absolute Gasteiger partial charge is 0.410 e. The molecule has 3 N–H and O–H groups in total. The van der Waals surface area contributed by atoms with E-state index in [2.05, 4.69) is 36.7 Å². The van der Waals surface area contributed by atoms with Crippen molar-refractivity contribution >= 4 is 49.4 Å². The van der Waals surface area contributed by atoms with Crippen LogP contribution in [0.4, 0.5) is 4.79 Å². The highest BCUT2D eigenvalue weighted by Crippen LogP contribution is 2.23. The molecule has 2 aliphatic heterocycles. The average molecular weight is 596 g/mol. The van der Waals surface area contributed by atoms with Gasteiger partial charge < -0.3 is 25.3 Å². The number of nitrogens with zero attached hydrogens (tertiary/aromatic N) is 3. The van der Waals surface area contributed by atoms with Crippen LogP contribution in [0.5, 0.6) is 5.75 Å². The van der Waals surface area contributed by atoms with Crippen molar-refractivity contribution < 1.29 is 29.1 Å². The Morgan fingerprint density at radius 2 is 1.95 bits per heavy atom. The van der Waals surface area contributed by atoms with Crippen molar-refractivity contribution in [1.29, 1.82) is 0 Å². The van der Waals surface area contributed by atoms with Gasteiger partial charge in [0.05, 0.1) is 17.6 Å². The molecule has 39 heavy (non-hydrogen) atoms. The van der Waals surface area contributed by atoms with E-state index in [1.807, 2.05) is 30.3 Å². The molecule has 3 heterocycles. The first-order valence-electron chi connectivity index (χ1n) is 12.4. The molecule has 0 aliphatic carbocycles. The monoisotopic (exact) mass is 595 g/mol. The van der Waals surface area contributed by atoms with Crippen molar-refractivity contribution in [3.63, 3.8) is 0 Å². The van der Waals surface area contributed by atoms with E-state index >= 15 is 0 Å². The Bertz CT molecular complexity index is 1430. The first kappa shape index (κ1) is 26.4. The van der Waals surface area contributed by atoms with Gasteiger partial charge in [-0.2, -0.15) is 0 Å². The normalized spacial score (nSPS) is 20.3. The van der Waals surface area contributed by atoms with Crippen molar-refractivity contribution in [3.8, 4) is 5.75 Å². The number of nitrogens with one attached hydrogen (secondary N) is 2. The Labute approximate surface area is 232 Å². The molecular weight excluding hydrogens is 570 g/mol. The van der Waals surface area contributed by atoms with Gasteiger partial charge in [0.1, 0.15) is 23.0 Å². The highest BCUT2D eigenvalue weighted by molar-refractivity contribution is 9.18. The number of aromatic hydroxyl groups is 1. The fraction of sp³-hybridized carbons (Fsp3) is 0.296. The van der Waals surface area contributed by atoms with Gasteiger partial charge >= 0.3 is 6.09 Å². The van der Waals surface area contributed by atoms with Crippen molar-refractivity contribution in [2.24, 2.45) is 5.16 Å². The van der Waals surface area contributed by atoms with Gasteiger partial charge in [-0.25, -0.2) is 4.79 Å². The summed E-state index contributed by atoms with van der Waals surface area (Å²) < 4.78 is 6.21. The quantitative estimate of drug-likeness (QED) is 0.381. The van der Waals surface area contributed by atoms with Gasteiger partial charge in [0.2, 0.25) is 5.91 Å². The molecule has 3 atom stereocenters. The Balaban J connectivity index is 1.26. The number of likely N-dealkylation sites (tertiary alicyclic amines) is 1. The van der Waals surface area contributed by atoms with Gasteiger partial charge in [-0.3, -0.25) is 19.5 Å².